The highest BCUT2D eigenvalue weighted by Crippen LogP contribution is 2.25. The maximum atomic E-state index is 12.7. The third kappa shape index (κ3) is 4.43. The number of carbonyl (C=O) groups excluding carboxylic acids is 1. The number of hydrogen-bond acceptors (Lipinski definition) is 4. The van der Waals surface area contributed by atoms with Crippen molar-refractivity contribution in [2.45, 2.75) is 0 Å². The standard InChI is InChI=1S/C24H22N2O4/c27-23(18-6-8-19(9-7-18)24(28)29)26-16-14-25(15-17-26)20-10-12-22(13-11-20)30-21-4-2-1-3-5-21/h1-13H,14-17H2,(H,28,29). The van der Waals surface area contributed by atoms with E-state index in [9.17, 15) is 9.59 Å². The largest absolute Gasteiger partial charge is 0.478 e. The van der Waals surface area contributed by atoms with Gasteiger partial charge < -0.3 is 19.6 Å². The molecular weight excluding hydrogens is 380 g/mol. The highest BCUT2D eigenvalue weighted by atomic mass is 16.5. The number of carboxylic acids is 1. The van der Waals surface area contributed by atoms with E-state index in [1.54, 1.807) is 17.0 Å². The van der Waals surface area contributed by atoms with Gasteiger partial charge in [-0.2, -0.15) is 0 Å². The first-order valence-electron chi connectivity index (χ1n) is 9.81. The van der Waals surface area contributed by atoms with Gasteiger partial charge in [0.25, 0.3) is 5.91 Å². The van der Waals surface area contributed by atoms with Crippen LogP contribution >= 0.6 is 0 Å². The number of para-hydroxylation sites is 1. The van der Waals surface area contributed by atoms with Crippen LogP contribution in [0.1, 0.15) is 20.7 Å². The molecule has 1 heterocycles. The lowest BCUT2D eigenvalue weighted by Crippen LogP contribution is -2.48. The molecule has 1 fully saturated rings. The monoisotopic (exact) mass is 402 g/mol. The minimum absolute atomic E-state index is 0.0711. The summed E-state index contributed by atoms with van der Waals surface area (Å²) in [5.41, 5.74) is 1.78. The number of carboxylic acid groups (broad SMARTS) is 1. The number of piperazine rings is 1. The minimum atomic E-state index is -0.997. The Morgan fingerprint density at radius 1 is 0.700 bits per heavy atom. The van der Waals surface area contributed by atoms with Gasteiger partial charge in [0.2, 0.25) is 0 Å². The lowest BCUT2D eigenvalue weighted by atomic mass is 10.1. The molecule has 0 aromatic heterocycles. The van der Waals surface area contributed by atoms with E-state index in [-0.39, 0.29) is 11.5 Å². The fourth-order valence-electron chi connectivity index (χ4n) is 3.46. The van der Waals surface area contributed by atoms with Crippen LogP contribution in [-0.4, -0.2) is 48.1 Å². The van der Waals surface area contributed by atoms with Gasteiger partial charge in [-0.15, -0.1) is 0 Å². The molecule has 1 aliphatic heterocycles. The lowest BCUT2D eigenvalue weighted by molar-refractivity contribution is 0.0693. The Labute approximate surface area is 174 Å². The zero-order chi connectivity index (χ0) is 20.9. The van der Waals surface area contributed by atoms with Gasteiger partial charge in [0, 0.05) is 37.4 Å². The van der Waals surface area contributed by atoms with Gasteiger partial charge in [-0.3, -0.25) is 4.79 Å². The third-order valence-electron chi connectivity index (χ3n) is 5.13. The summed E-state index contributed by atoms with van der Waals surface area (Å²) in [6, 6.07) is 23.7. The van der Waals surface area contributed by atoms with Crippen molar-refractivity contribution in [2.24, 2.45) is 0 Å². The highest BCUT2D eigenvalue weighted by molar-refractivity contribution is 5.96. The first kappa shape index (κ1) is 19.5. The maximum Gasteiger partial charge on any atom is 0.335 e. The Morgan fingerprint density at radius 3 is 1.87 bits per heavy atom. The number of anilines is 1. The van der Waals surface area contributed by atoms with E-state index in [0.29, 0.717) is 18.7 Å². The Kier molecular flexibility index (Phi) is 5.66. The summed E-state index contributed by atoms with van der Waals surface area (Å²) in [6.45, 7) is 2.69. The third-order valence-corrected chi connectivity index (χ3v) is 5.13. The molecule has 0 aliphatic carbocycles. The van der Waals surface area contributed by atoms with Crippen LogP contribution in [0.5, 0.6) is 11.5 Å². The molecule has 1 aliphatic rings. The molecule has 0 radical (unpaired) electrons. The Balaban J connectivity index is 1.33. The van der Waals surface area contributed by atoms with Crippen molar-refractivity contribution in [1.29, 1.82) is 0 Å². The van der Waals surface area contributed by atoms with Crippen LogP contribution in [0.3, 0.4) is 0 Å². The van der Waals surface area contributed by atoms with E-state index in [1.807, 2.05) is 54.6 Å². The van der Waals surface area contributed by atoms with Crippen molar-refractivity contribution in [1.82, 2.24) is 4.90 Å². The van der Waals surface area contributed by atoms with Crippen molar-refractivity contribution in [3.05, 3.63) is 90.0 Å². The molecule has 0 saturated carbocycles. The van der Waals surface area contributed by atoms with Crippen molar-refractivity contribution in [2.75, 3.05) is 31.1 Å². The summed E-state index contributed by atoms with van der Waals surface area (Å²) in [4.78, 5) is 27.7. The van der Waals surface area contributed by atoms with Gasteiger partial charge in [-0.05, 0) is 60.7 Å². The number of hydrogen-bond donors (Lipinski definition) is 1. The van der Waals surface area contributed by atoms with Gasteiger partial charge >= 0.3 is 5.97 Å². The fourth-order valence-corrected chi connectivity index (χ4v) is 3.46. The SMILES string of the molecule is O=C(O)c1ccc(C(=O)N2CCN(c3ccc(Oc4ccccc4)cc3)CC2)cc1. The van der Waals surface area contributed by atoms with Crippen LogP contribution in [0.25, 0.3) is 0 Å². The number of aromatic carboxylic acids is 1. The van der Waals surface area contributed by atoms with Gasteiger partial charge in [0.1, 0.15) is 11.5 Å². The summed E-state index contributed by atoms with van der Waals surface area (Å²) in [5, 5.41) is 8.98. The van der Waals surface area contributed by atoms with Crippen molar-refractivity contribution in [3.63, 3.8) is 0 Å². The summed E-state index contributed by atoms with van der Waals surface area (Å²) in [5.74, 6) is 0.512. The molecule has 1 amide bonds. The van der Waals surface area contributed by atoms with Crippen LogP contribution < -0.4 is 9.64 Å². The smallest absolute Gasteiger partial charge is 0.335 e. The van der Waals surface area contributed by atoms with Gasteiger partial charge in [-0.1, -0.05) is 18.2 Å². The molecule has 1 saturated heterocycles. The summed E-state index contributed by atoms with van der Waals surface area (Å²) in [6.07, 6.45) is 0. The van der Waals surface area contributed by atoms with Gasteiger partial charge in [0.05, 0.1) is 5.56 Å². The van der Waals surface area contributed by atoms with E-state index in [1.165, 1.54) is 12.1 Å². The summed E-state index contributed by atoms with van der Waals surface area (Å²) < 4.78 is 5.83. The van der Waals surface area contributed by atoms with Crippen LogP contribution in [-0.2, 0) is 0 Å². The number of amides is 1. The first-order valence-corrected chi connectivity index (χ1v) is 9.81. The molecule has 6 nitrogen and oxygen atoms in total. The van der Waals surface area contributed by atoms with Crippen LogP contribution in [0.15, 0.2) is 78.9 Å². The normalized spacial score (nSPS) is 13.7. The van der Waals surface area contributed by atoms with E-state index >= 15 is 0 Å². The molecule has 0 spiro atoms. The van der Waals surface area contributed by atoms with Gasteiger partial charge in [0.15, 0.2) is 0 Å². The molecule has 1 N–H and O–H groups in total. The van der Waals surface area contributed by atoms with Crippen LogP contribution in [0.4, 0.5) is 5.69 Å². The molecule has 30 heavy (non-hydrogen) atoms. The number of rotatable bonds is 5. The van der Waals surface area contributed by atoms with Crippen LogP contribution in [0, 0.1) is 0 Å². The lowest BCUT2D eigenvalue weighted by Gasteiger charge is -2.36. The zero-order valence-electron chi connectivity index (χ0n) is 16.4. The average molecular weight is 402 g/mol. The molecule has 6 heteroatoms. The van der Waals surface area contributed by atoms with Crippen molar-refractivity contribution >= 4 is 17.6 Å². The second-order valence-electron chi connectivity index (χ2n) is 7.07. The molecule has 3 aromatic carbocycles. The highest BCUT2D eigenvalue weighted by Gasteiger charge is 2.22. The van der Waals surface area contributed by atoms with E-state index < -0.39 is 5.97 Å². The average Bonchev–Trinajstić information content (AvgIpc) is 2.80. The molecule has 4 rings (SSSR count). The predicted octanol–water partition coefficient (Wildman–Crippen LogP) is 4.14. The molecule has 152 valence electrons. The molecule has 3 aromatic rings. The molecule has 0 bridgehead atoms. The second kappa shape index (κ2) is 8.69. The number of ether oxygens (including phenoxy) is 1. The van der Waals surface area contributed by atoms with Gasteiger partial charge in [-0.25, -0.2) is 4.79 Å². The molecule has 0 atom stereocenters. The Morgan fingerprint density at radius 2 is 1.27 bits per heavy atom. The summed E-state index contributed by atoms with van der Waals surface area (Å²) in [7, 11) is 0. The van der Waals surface area contributed by atoms with E-state index in [0.717, 1.165) is 30.3 Å². The van der Waals surface area contributed by atoms with Crippen LogP contribution in [0.2, 0.25) is 0 Å². The number of carbonyl (C=O) groups is 2. The minimum Gasteiger partial charge on any atom is -0.478 e. The summed E-state index contributed by atoms with van der Waals surface area (Å²) >= 11 is 0. The Bertz CT molecular complexity index is 1010. The first-order chi connectivity index (χ1) is 14.6. The van der Waals surface area contributed by atoms with Crippen molar-refractivity contribution < 1.29 is 19.4 Å². The molecular formula is C24H22N2O4. The molecule has 0 unspecified atom stereocenters. The second-order valence-corrected chi connectivity index (χ2v) is 7.07. The van der Waals surface area contributed by atoms with E-state index in [2.05, 4.69) is 4.90 Å². The predicted molar refractivity (Wildman–Crippen MR) is 114 cm³/mol. The quantitative estimate of drug-likeness (QED) is 0.695. The van der Waals surface area contributed by atoms with Crippen molar-refractivity contribution in [3.8, 4) is 11.5 Å². The topological polar surface area (TPSA) is 70.1 Å². The number of nitrogens with zero attached hydrogens (tertiary/aromatic N) is 2. The van der Waals surface area contributed by atoms with E-state index in [4.69, 9.17) is 9.84 Å². The fraction of sp³-hybridized carbons (Fsp3) is 0.167. The Hall–Kier alpha value is -3.80. The number of benzene rings is 3. The zero-order valence-corrected chi connectivity index (χ0v) is 16.4. The maximum absolute atomic E-state index is 12.7.